The fourth-order valence-corrected chi connectivity index (χ4v) is 2.06. The lowest BCUT2D eigenvalue weighted by molar-refractivity contribution is 0.0697. The van der Waals surface area contributed by atoms with Crippen molar-refractivity contribution in [1.29, 1.82) is 0 Å². The maximum atomic E-state index is 11.3. The van der Waals surface area contributed by atoms with Crippen molar-refractivity contribution in [2.75, 3.05) is 5.73 Å². The second kappa shape index (κ2) is 4.76. The lowest BCUT2D eigenvalue weighted by Gasteiger charge is -2.15. The Hall–Kier alpha value is -2.30. The molecule has 0 aliphatic heterocycles. The van der Waals surface area contributed by atoms with Crippen LogP contribution in [0.5, 0.6) is 5.75 Å². The molecule has 1 aromatic heterocycles. The molecule has 2 rings (SSSR count). The van der Waals surface area contributed by atoms with Crippen LogP contribution in [0.2, 0.25) is 0 Å². The van der Waals surface area contributed by atoms with Crippen molar-refractivity contribution in [1.82, 2.24) is 4.98 Å². The molecule has 100 valence electrons. The largest absolute Gasteiger partial charge is 0.490 e. The minimum Gasteiger partial charge on any atom is -0.490 e. The average Bonchev–Trinajstić information content (AvgIpc) is 2.26. The second-order valence-electron chi connectivity index (χ2n) is 4.61. The predicted molar refractivity (Wildman–Crippen MR) is 73.6 cm³/mol. The first-order valence-electron chi connectivity index (χ1n) is 6.00. The van der Waals surface area contributed by atoms with Crippen LogP contribution >= 0.6 is 0 Å². The van der Waals surface area contributed by atoms with E-state index in [9.17, 15) is 9.90 Å². The lowest BCUT2D eigenvalue weighted by atomic mass is 10.1. The van der Waals surface area contributed by atoms with Crippen molar-refractivity contribution in [3.63, 3.8) is 0 Å². The number of carboxylic acid groups (broad SMARTS) is 1. The average molecular weight is 260 g/mol. The molecule has 0 radical (unpaired) electrons. The molecule has 1 aromatic carbocycles. The summed E-state index contributed by atoms with van der Waals surface area (Å²) in [5.74, 6) is -0.524. The minimum absolute atomic E-state index is 0.0282. The van der Waals surface area contributed by atoms with Crippen LogP contribution in [0.3, 0.4) is 0 Å². The molecule has 0 amide bonds. The van der Waals surface area contributed by atoms with Crippen molar-refractivity contribution in [2.45, 2.75) is 26.9 Å². The van der Waals surface area contributed by atoms with Gasteiger partial charge in [0.1, 0.15) is 11.3 Å². The van der Waals surface area contributed by atoms with Crippen LogP contribution in [-0.4, -0.2) is 22.2 Å². The van der Waals surface area contributed by atoms with E-state index in [1.807, 2.05) is 19.9 Å². The number of nitrogens with zero attached hydrogens (tertiary/aromatic N) is 1. The minimum atomic E-state index is -1.08. The summed E-state index contributed by atoms with van der Waals surface area (Å²) in [4.78, 5) is 15.5. The highest BCUT2D eigenvalue weighted by atomic mass is 16.5. The molecule has 0 aliphatic rings. The van der Waals surface area contributed by atoms with E-state index in [4.69, 9.17) is 10.5 Å². The van der Waals surface area contributed by atoms with E-state index in [2.05, 4.69) is 4.98 Å². The number of benzene rings is 1. The molecule has 5 nitrogen and oxygen atoms in total. The summed E-state index contributed by atoms with van der Waals surface area (Å²) in [6, 6.07) is 5.37. The van der Waals surface area contributed by atoms with E-state index >= 15 is 0 Å². The van der Waals surface area contributed by atoms with Gasteiger partial charge in [-0.05, 0) is 32.9 Å². The van der Waals surface area contributed by atoms with E-state index in [0.29, 0.717) is 22.3 Å². The summed E-state index contributed by atoms with van der Waals surface area (Å²) >= 11 is 0. The zero-order valence-corrected chi connectivity index (χ0v) is 11.1. The Kier molecular flexibility index (Phi) is 3.29. The topological polar surface area (TPSA) is 85.4 Å². The number of nitrogens with two attached hydrogens (primary N) is 1. The summed E-state index contributed by atoms with van der Waals surface area (Å²) in [6.45, 7) is 5.43. The first-order chi connectivity index (χ1) is 8.91. The maximum absolute atomic E-state index is 11.3. The van der Waals surface area contributed by atoms with Crippen molar-refractivity contribution in [2.24, 2.45) is 0 Å². The van der Waals surface area contributed by atoms with Crippen LogP contribution in [0.1, 0.15) is 29.9 Å². The number of carboxylic acids is 1. The molecule has 0 bridgehead atoms. The van der Waals surface area contributed by atoms with Crippen molar-refractivity contribution in [3.05, 3.63) is 29.5 Å². The zero-order chi connectivity index (χ0) is 14.2. The van der Waals surface area contributed by atoms with Gasteiger partial charge in [0.15, 0.2) is 0 Å². The van der Waals surface area contributed by atoms with Crippen LogP contribution < -0.4 is 10.5 Å². The Bertz CT molecular complexity index is 651. The standard InChI is InChI=1S/C14H16N2O3/c1-7(2)19-10-6-4-5-9-12(10)13(15)11(14(17)18)8(3)16-9/h4-7H,1-3H3,(H2,15,16)(H,17,18). The molecule has 1 heterocycles. The summed E-state index contributed by atoms with van der Waals surface area (Å²) < 4.78 is 5.67. The smallest absolute Gasteiger partial charge is 0.339 e. The summed E-state index contributed by atoms with van der Waals surface area (Å²) in [6.07, 6.45) is -0.0282. The third kappa shape index (κ3) is 2.31. The number of anilines is 1. The molecule has 5 heteroatoms. The van der Waals surface area contributed by atoms with Crippen molar-refractivity contribution >= 4 is 22.6 Å². The molecule has 19 heavy (non-hydrogen) atoms. The molecule has 0 spiro atoms. The van der Waals surface area contributed by atoms with Gasteiger partial charge in [0, 0.05) is 0 Å². The number of rotatable bonds is 3. The lowest BCUT2D eigenvalue weighted by Crippen LogP contribution is -2.10. The van der Waals surface area contributed by atoms with Gasteiger partial charge in [0.05, 0.1) is 28.4 Å². The molecule has 0 fully saturated rings. The Labute approximate surface area is 111 Å². The Morgan fingerprint density at radius 2 is 2.11 bits per heavy atom. The highest BCUT2D eigenvalue weighted by molar-refractivity contribution is 6.06. The van der Waals surface area contributed by atoms with E-state index in [1.165, 1.54) is 0 Å². The number of hydrogen-bond acceptors (Lipinski definition) is 4. The van der Waals surface area contributed by atoms with E-state index in [0.717, 1.165) is 0 Å². The Balaban J connectivity index is 2.80. The molecule has 3 N–H and O–H groups in total. The van der Waals surface area contributed by atoms with Gasteiger partial charge in [-0.2, -0.15) is 0 Å². The summed E-state index contributed by atoms with van der Waals surface area (Å²) in [5.41, 5.74) is 7.27. The van der Waals surface area contributed by atoms with Crippen LogP contribution in [0.4, 0.5) is 5.69 Å². The quantitative estimate of drug-likeness (QED) is 0.886. The molecular weight excluding hydrogens is 244 g/mol. The van der Waals surface area contributed by atoms with E-state index in [1.54, 1.807) is 19.1 Å². The number of nitrogen functional groups attached to an aromatic ring is 1. The molecular formula is C14H16N2O3. The highest BCUT2D eigenvalue weighted by Gasteiger charge is 2.19. The van der Waals surface area contributed by atoms with E-state index < -0.39 is 5.97 Å². The number of aryl methyl sites for hydroxylation is 1. The number of pyridine rings is 1. The molecule has 0 unspecified atom stereocenters. The second-order valence-corrected chi connectivity index (χ2v) is 4.61. The normalized spacial score (nSPS) is 10.9. The van der Waals surface area contributed by atoms with Gasteiger partial charge >= 0.3 is 5.97 Å². The van der Waals surface area contributed by atoms with Gasteiger partial charge in [-0.15, -0.1) is 0 Å². The SMILES string of the molecule is Cc1nc2cccc(OC(C)C)c2c(N)c1C(=O)O. The molecule has 0 atom stereocenters. The monoisotopic (exact) mass is 260 g/mol. The van der Waals surface area contributed by atoms with Crippen LogP contribution in [-0.2, 0) is 0 Å². The first kappa shape index (κ1) is 13.1. The fourth-order valence-electron chi connectivity index (χ4n) is 2.06. The van der Waals surface area contributed by atoms with Gasteiger partial charge < -0.3 is 15.6 Å². The predicted octanol–water partition coefficient (Wildman–Crippen LogP) is 2.61. The molecule has 0 saturated heterocycles. The first-order valence-corrected chi connectivity index (χ1v) is 6.00. The summed E-state index contributed by atoms with van der Waals surface area (Å²) in [5, 5.41) is 9.77. The summed E-state index contributed by atoms with van der Waals surface area (Å²) in [7, 11) is 0. The number of aromatic carboxylic acids is 1. The van der Waals surface area contributed by atoms with Gasteiger partial charge in [-0.25, -0.2) is 4.79 Å². The number of aromatic nitrogens is 1. The van der Waals surface area contributed by atoms with E-state index in [-0.39, 0.29) is 17.4 Å². The van der Waals surface area contributed by atoms with Gasteiger partial charge in [0.2, 0.25) is 0 Å². The number of carbonyl (C=O) groups is 1. The zero-order valence-electron chi connectivity index (χ0n) is 11.1. The number of ether oxygens (including phenoxy) is 1. The molecule has 2 aromatic rings. The van der Waals surface area contributed by atoms with Crippen molar-refractivity contribution in [3.8, 4) is 5.75 Å². The Morgan fingerprint density at radius 3 is 2.68 bits per heavy atom. The highest BCUT2D eigenvalue weighted by Crippen LogP contribution is 2.33. The third-order valence-electron chi connectivity index (χ3n) is 2.77. The van der Waals surface area contributed by atoms with Gasteiger partial charge in [0.25, 0.3) is 0 Å². The van der Waals surface area contributed by atoms with Gasteiger partial charge in [-0.3, -0.25) is 4.98 Å². The number of fused-ring (bicyclic) bond motifs is 1. The third-order valence-corrected chi connectivity index (χ3v) is 2.77. The molecule has 0 saturated carbocycles. The van der Waals surface area contributed by atoms with Crippen LogP contribution in [0, 0.1) is 6.92 Å². The number of hydrogen-bond donors (Lipinski definition) is 2. The van der Waals surface area contributed by atoms with Crippen LogP contribution in [0.15, 0.2) is 18.2 Å². The maximum Gasteiger partial charge on any atom is 0.339 e. The molecule has 0 aliphatic carbocycles. The van der Waals surface area contributed by atoms with Gasteiger partial charge in [-0.1, -0.05) is 6.07 Å². The van der Waals surface area contributed by atoms with Crippen molar-refractivity contribution < 1.29 is 14.6 Å². The fraction of sp³-hybridized carbons (Fsp3) is 0.286. The Morgan fingerprint density at radius 1 is 1.42 bits per heavy atom. The van der Waals surface area contributed by atoms with Crippen LogP contribution in [0.25, 0.3) is 10.9 Å².